The third kappa shape index (κ3) is 7.25. The first-order valence-electron chi connectivity index (χ1n) is 11.5. The molecule has 29 heavy (non-hydrogen) atoms. The van der Waals surface area contributed by atoms with Crippen LogP contribution in [0.25, 0.3) is 0 Å². The van der Waals surface area contributed by atoms with E-state index >= 15 is 0 Å². The van der Waals surface area contributed by atoms with Gasteiger partial charge in [-0.3, -0.25) is 9.59 Å². The van der Waals surface area contributed by atoms with Gasteiger partial charge in [0.2, 0.25) is 11.8 Å². The fourth-order valence-electron chi connectivity index (χ4n) is 4.80. The number of hydrogen-bond acceptors (Lipinski definition) is 4. The number of amides is 2. The van der Waals surface area contributed by atoms with Gasteiger partial charge in [-0.15, -0.1) is 0 Å². The summed E-state index contributed by atoms with van der Waals surface area (Å²) < 4.78 is 0. The van der Waals surface area contributed by atoms with E-state index in [1.165, 1.54) is 0 Å². The molecule has 168 valence electrons. The number of aliphatic hydroxyl groups is 1. The molecule has 2 N–H and O–H groups in total. The number of carbonyl (C=O) groups is 2. The molecule has 2 rings (SSSR count). The van der Waals surface area contributed by atoms with Gasteiger partial charge in [0.15, 0.2) is 0 Å². The first-order chi connectivity index (χ1) is 13.5. The molecule has 2 amide bonds. The van der Waals surface area contributed by atoms with Crippen molar-refractivity contribution >= 4 is 11.8 Å². The van der Waals surface area contributed by atoms with Crippen LogP contribution in [0, 0.1) is 17.8 Å². The topological polar surface area (TPSA) is 72.9 Å². The van der Waals surface area contributed by atoms with Crippen molar-refractivity contribution in [2.24, 2.45) is 17.8 Å². The van der Waals surface area contributed by atoms with Gasteiger partial charge in [-0.2, -0.15) is 0 Å². The highest BCUT2D eigenvalue weighted by Crippen LogP contribution is 2.28. The van der Waals surface area contributed by atoms with Crippen LogP contribution in [0.4, 0.5) is 0 Å². The van der Waals surface area contributed by atoms with Crippen molar-refractivity contribution in [3.05, 3.63) is 0 Å². The van der Waals surface area contributed by atoms with Crippen LogP contribution >= 0.6 is 0 Å². The highest BCUT2D eigenvalue weighted by atomic mass is 16.3. The maximum absolute atomic E-state index is 13.5. The first kappa shape index (κ1) is 24.1. The van der Waals surface area contributed by atoms with Gasteiger partial charge >= 0.3 is 0 Å². The molecule has 2 heterocycles. The summed E-state index contributed by atoms with van der Waals surface area (Å²) in [5, 5.41) is 13.4. The normalized spacial score (nSPS) is 23.2. The van der Waals surface area contributed by atoms with Crippen molar-refractivity contribution in [3.63, 3.8) is 0 Å². The number of nitrogens with one attached hydrogen (secondary N) is 1. The Kier molecular flexibility index (Phi) is 8.53. The van der Waals surface area contributed by atoms with E-state index in [4.69, 9.17) is 0 Å². The molecule has 2 aliphatic heterocycles. The number of piperidine rings is 1. The minimum absolute atomic E-state index is 0.0841. The van der Waals surface area contributed by atoms with E-state index in [-0.39, 0.29) is 23.9 Å². The van der Waals surface area contributed by atoms with Crippen LogP contribution in [0.2, 0.25) is 0 Å². The highest BCUT2D eigenvalue weighted by molar-refractivity contribution is 5.90. The van der Waals surface area contributed by atoms with Crippen LogP contribution in [0.15, 0.2) is 0 Å². The van der Waals surface area contributed by atoms with E-state index in [0.717, 1.165) is 45.3 Å². The second kappa shape index (κ2) is 10.3. The Morgan fingerprint density at radius 3 is 2.28 bits per heavy atom. The zero-order valence-electron chi connectivity index (χ0n) is 19.4. The summed E-state index contributed by atoms with van der Waals surface area (Å²) in [6.07, 6.45) is 4.14. The molecule has 6 heteroatoms. The summed E-state index contributed by atoms with van der Waals surface area (Å²) >= 11 is 0. The van der Waals surface area contributed by atoms with Crippen molar-refractivity contribution in [1.29, 1.82) is 0 Å². The van der Waals surface area contributed by atoms with Crippen molar-refractivity contribution in [1.82, 2.24) is 15.1 Å². The third-order valence-corrected chi connectivity index (χ3v) is 6.10. The molecule has 0 aromatic carbocycles. The molecule has 0 aromatic rings. The molecule has 2 aliphatic rings. The van der Waals surface area contributed by atoms with Crippen LogP contribution in [0.3, 0.4) is 0 Å². The minimum atomic E-state index is -0.657. The van der Waals surface area contributed by atoms with Gasteiger partial charge in [-0.1, -0.05) is 27.7 Å². The molecule has 0 spiro atoms. The van der Waals surface area contributed by atoms with E-state index in [1.54, 1.807) is 0 Å². The van der Waals surface area contributed by atoms with Crippen molar-refractivity contribution in [3.8, 4) is 0 Å². The molecule has 0 radical (unpaired) electrons. The Labute approximate surface area is 177 Å². The Morgan fingerprint density at radius 2 is 1.76 bits per heavy atom. The number of hydrogen-bond donors (Lipinski definition) is 2. The summed E-state index contributed by atoms with van der Waals surface area (Å²) in [5.41, 5.74) is -0.657. The first-order valence-corrected chi connectivity index (χ1v) is 11.5. The van der Waals surface area contributed by atoms with Crippen LogP contribution in [0.1, 0.15) is 73.6 Å². The lowest BCUT2D eigenvalue weighted by atomic mass is 9.86. The van der Waals surface area contributed by atoms with E-state index < -0.39 is 5.60 Å². The molecule has 2 atom stereocenters. The van der Waals surface area contributed by atoms with Gasteiger partial charge in [0.05, 0.1) is 11.6 Å². The Balaban J connectivity index is 2.06. The summed E-state index contributed by atoms with van der Waals surface area (Å²) in [4.78, 5) is 30.4. The second-order valence-corrected chi connectivity index (χ2v) is 10.6. The quantitative estimate of drug-likeness (QED) is 0.646. The molecule has 2 fully saturated rings. The van der Waals surface area contributed by atoms with E-state index in [2.05, 4.69) is 33.0 Å². The van der Waals surface area contributed by atoms with Gasteiger partial charge in [0, 0.05) is 26.2 Å². The number of nitrogens with zero attached hydrogens (tertiary/aromatic N) is 2. The fourth-order valence-corrected chi connectivity index (χ4v) is 4.80. The summed E-state index contributed by atoms with van der Waals surface area (Å²) in [5.74, 6) is 1.44. The van der Waals surface area contributed by atoms with Gasteiger partial charge < -0.3 is 20.2 Å². The fraction of sp³-hybridized carbons (Fsp3) is 0.913. The SMILES string of the molecule is CC(C)C[C@@H]1NCCN([C@@H](CC(C)C)C(=O)N2CCC(CC(C)(C)O)CC2)C1=O. The summed E-state index contributed by atoms with van der Waals surface area (Å²) in [6.45, 7) is 15.0. The Bertz CT molecular complexity index is 548. The molecule has 2 saturated heterocycles. The smallest absolute Gasteiger partial charge is 0.245 e. The summed E-state index contributed by atoms with van der Waals surface area (Å²) in [7, 11) is 0. The van der Waals surface area contributed by atoms with Crippen LogP contribution in [-0.2, 0) is 9.59 Å². The average Bonchev–Trinajstić information content (AvgIpc) is 2.60. The predicted octanol–water partition coefficient (Wildman–Crippen LogP) is 2.65. The standard InChI is InChI=1S/C23H43N3O3/c1-16(2)13-19-21(27)26(12-9-24-19)20(14-17(3)4)22(28)25-10-7-18(8-11-25)15-23(5,6)29/h16-20,24,29H,7-15H2,1-6H3/t19-,20-/m0/s1. The third-order valence-electron chi connectivity index (χ3n) is 6.10. The van der Waals surface area contributed by atoms with Crippen LogP contribution < -0.4 is 5.32 Å². The molecular formula is C23H43N3O3. The van der Waals surface area contributed by atoms with Crippen molar-refractivity contribution < 1.29 is 14.7 Å². The second-order valence-electron chi connectivity index (χ2n) is 10.6. The largest absolute Gasteiger partial charge is 0.390 e. The van der Waals surface area contributed by atoms with E-state index in [1.807, 2.05) is 23.6 Å². The average molecular weight is 410 g/mol. The maximum Gasteiger partial charge on any atom is 0.245 e. The highest BCUT2D eigenvalue weighted by Gasteiger charge is 2.39. The minimum Gasteiger partial charge on any atom is -0.390 e. The van der Waals surface area contributed by atoms with Gasteiger partial charge in [0.1, 0.15) is 6.04 Å². The van der Waals surface area contributed by atoms with Gasteiger partial charge in [-0.25, -0.2) is 0 Å². The van der Waals surface area contributed by atoms with Crippen LogP contribution in [-0.4, -0.2) is 70.6 Å². The van der Waals surface area contributed by atoms with E-state index in [9.17, 15) is 14.7 Å². The maximum atomic E-state index is 13.5. The number of piperazine rings is 1. The van der Waals surface area contributed by atoms with Gasteiger partial charge in [-0.05, 0) is 63.7 Å². The zero-order chi connectivity index (χ0) is 21.8. The zero-order valence-corrected chi connectivity index (χ0v) is 19.4. The molecule has 6 nitrogen and oxygen atoms in total. The Hall–Kier alpha value is -1.14. The molecule has 0 saturated carbocycles. The number of rotatable bonds is 8. The van der Waals surface area contributed by atoms with E-state index in [0.29, 0.717) is 30.7 Å². The molecular weight excluding hydrogens is 366 g/mol. The number of likely N-dealkylation sites (tertiary alicyclic amines) is 1. The Morgan fingerprint density at radius 1 is 1.14 bits per heavy atom. The monoisotopic (exact) mass is 409 g/mol. The molecule has 0 aliphatic carbocycles. The van der Waals surface area contributed by atoms with Crippen molar-refractivity contribution in [2.75, 3.05) is 26.2 Å². The van der Waals surface area contributed by atoms with Gasteiger partial charge in [0.25, 0.3) is 0 Å². The molecule has 0 aromatic heterocycles. The number of carbonyl (C=O) groups excluding carboxylic acids is 2. The van der Waals surface area contributed by atoms with Crippen LogP contribution in [0.5, 0.6) is 0 Å². The molecule has 0 bridgehead atoms. The molecule has 0 unspecified atom stereocenters. The lowest BCUT2D eigenvalue weighted by molar-refractivity contribution is -0.150. The van der Waals surface area contributed by atoms with Crippen molar-refractivity contribution in [2.45, 2.75) is 91.3 Å². The predicted molar refractivity (Wildman–Crippen MR) is 116 cm³/mol. The lowest BCUT2D eigenvalue weighted by Gasteiger charge is -2.42. The lowest BCUT2D eigenvalue weighted by Crippen LogP contribution is -2.62. The summed E-state index contributed by atoms with van der Waals surface area (Å²) in [6, 6.07) is -0.533.